The second kappa shape index (κ2) is 5.56. The predicted octanol–water partition coefficient (Wildman–Crippen LogP) is 4.84. The van der Waals surface area contributed by atoms with E-state index in [9.17, 15) is 0 Å². The van der Waals surface area contributed by atoms with Crippen molar-refractivity contribution in [3.63, 3.8) is 0 Å². The number of fused-ring (bicyclic) bond motifs is 5. The molecule has 2 fully saturated rings. The van der Waals surface area contributed by atoms with Gasteiger partial charge in [-0.05, 0) is 73.0 Å². The SMILES string of the molecule is COCOC1=CC2=CC[C@@H]3[C@H](CC[C@]4(C)CCC[C@@H]34)[C@H]2C=C1. The average Bonchev–Trinajstić information content (AvgIpc) is 2.94. The van der Waals surface area contributed by atoms with Crippen LogP contribution in [0, 0.1) is 29.1 Å². The Bertz CT molecular complexity index is 530. The zero-order valence-electron chi connectivity index (χ0n) is 13.9. The van der Waals surface area contributed by atoms with Gasteiger partial charge in [-0.3, -0.25) is 0 Å². The van der Waals surface area contributed by atoms with Crippen LogP contribution < -0.4 is 0 Å². The third-order valence-corrected chi connectivity index (χ3v) is 6.87. The first-order valence-electron chi connectivity index (χ1n) is 8.93. The van der Waals surface area contributed by atoms with E-state index in [0.717, 1.165) is 23.5 Å². The highest BCUT2D eigenvalue weighted by molar-refractivity contribution is 5.39. The Kier molecular flexibility index (Phi) is 3.68. The summed E-state index contributed by atoms with van der Waals surface area (Å²) in [6.45, 7) is 2.90. The van der Waals surface area contributed by atoms with Crippen LogP contribution in [0.3, 0.4) is 0 Å². The molecule has 0 aromatic heterocycles. The first-order valence-corrected chi connectivity index (χ1v) is 8.93. The van der Waals surface area contributed by atoms with Crippen molar-refractivity contribution in [3.8, 4) is 0 Å². The first-order chi connectivity index (χ1) is 10.7. The quantitative estimate of drug-likeness (QED) is 0.694. The minimum absolute atomic E-state index is 0.334. The van der Waals surface area contributed by atoms with Crippen molar-refractivity contribution in [1.29, 1.82) is 0 Å². The van der Waals surface area contributed by atoms with Gasteiger partial charge in [0.15, 0.2) is 6.79 Å². The van der Waals surface area contributed by atoms with Crippen LogP contribution in [0.4, 0.5) is 0 Å². The molecule has 4 aliphatic carbocycles. The van der Waals surface area contributed by atoms with E-state index in [1.165, 1.54) is 44.1 Å². The molecule has 2 nitrogen and oxygen atoms in total. The normalized spacial score (nSPS) is 42.8. The minimum Gasteiger partial charge on any atom is -0.468 e. The maximum atomic E-state index is 5.61. The largest absolute Gasteiger partial charge is 0.468 e. The molecule has 0 unspecified atom stereocenters. The number of allylic oxidation sites excluding steroid dienone is 5. The number of ether oxygens (including phenoxy) is 2. The summed E-state index contributed by atoms with van der Waals surface area (Å²) in [5.74, 6) is 4.30. The predicted molar refractivity (Wildman–Crippen MR) is 88.0 cm³/mol. The molecule has 22 heavy (non-hydrogen) atoms. The molecule has 120 valence electrons. The second-order valence-electron chi connectivity index (χ2n) is 7.94. The average molecular weight is 300 g/mol. The van der Waals surface area contributed by atoms with Crippen LogP contribution in [0.1, 0.15) is 45.4 Å². The topological polar surface area (TPSA) is 18.5 Å². The van der Waals surface area contributed by atoms with Crippen molar-refractivity contribution in [2.75, 3.05) is 13.9 Å². The van der Waals surface area contributed by atoms with E-state index in [4.69, 9.17) is 9.47 Å². The van der Waals surface area contributed by atoms with Gasteiger partial charge in [0.2, 0.25) is 0 Å². The first kappa shape index (κ1) is 14.6. The van der Waals surface area contributed by atoms with Crippen molar-refractivity contribution in [2.24, 2.45) is 29.1 Å². The minimum atomic E-state index is 0.334. The van der Waals surface area contributed by atoms with E-state index in [1.807, 2.05) is 0 Å². The number of methoxy groups -OCH3 is 1. The molecular formula is C20H28O2. The van der Waals surface area contributed by atoms with Crippen molar-refractivity contribution in [3.05, 3.63) is 35.6 Å². The van der Waals surface area contributed by atoms with Crippen molar-refractivity contribution in [1.82, 2.24) is 0 Å². The molecule has 5 atom stereocenters. The molecule has 0 bridgehead atoms. The number of rotatable bonds is 3. The Labute approximate surface area is 134 Å². The van der Waals surface area contributed by atoms with Crippen LogP contribution in [0.15, 0.2) is 35.6 Å². The summed E-state index contributed by atoms with van der Waals surface area (Å²) in [6.07, 6.45) is 17.8. The second-order valence-corrected chi connectivity index (χ2v) is 7.94. The standard InChI is InChI=1S/C20H28O2/c1-20-10-3-4-19(20)18-7-5-14-12-15(22-13-21-2)6-8-16(14)17(18)9-11-20/h5-6,8,12,16-19H,3-4,7,9-11,13H2,1-2H3/t16-,17+,18+,19-,20-/m0/s1. The third kappa shape index (κ3) is 2.27. The van der Waals surface area contributed by atoms with Crippen LogP contribution in [0.5, 0.6) is 0 Å². The lowest BCUT2D eigenvalue weighted by molar-refractivity contribution is 0.00789. The molecule has 0 aromatic carbocycles. The molecule has 2 heteroatoms. The van der Waals surface area contributed by atoms with Gasteiger partial charge in [-0.2, -0.15) is 0 Å². The van der Waals surface area contributed by atoms with Crippen molar-refractivity contribution < 1.29 is 9.47 Å². The van der Waals surface area contributed by atoms with Gasteiger partial charge in [-0.25, -0.2) is 0 Å². The third-order valence-electron chi connectivity index (χ3n) is 6.87. The summed E-state index contributed by atoms with van der Waals surface area (Å²) in [7, 11) is 1.67. The summed E-state index contributed by atoms with van der Waals surface area (Å²) < 4.78 is 10.6. The van der Waals surface area contributed by atoms with Gasteiger partial charge in [0.1, 0.15) is 5.76 Å². The smallest absolute Gasteiger partial charge is 0.188 e. The van der Waals surface area contributed by atoms with Gasteiger partial charge >= 0.3 is 0 Å². The maximum absolute atomic E-state index is 5.61. The highest BCUT2D eigenvalue weighted by atomic mass is 16.7. The summed E-state index contributed by atoms with van der Waals surface area (Å²) >= 11 is 0. The highest BCUT2D eigenvalue weighted by Crippen LogP contribution is 2.60. The number of hydrogen-bond donors (Lipinski definition) is 0. The molecule has 2 saturated carbocycles. The highest BCUT2D eigenvalue weighted by Gasteiger charge is 2.51. The molecule has 0 saturated heterocycles. The van der Waals surface area contributed by atoms with E-state index in [1.54, 1.807) is 7.11 Å². The molecule has 0 spiro atoms. The molecule has 0 heterocycles. The lowest BCUT2D eigenvalue weighted by Crippen LogP contribution is -2.42. The molecular weight excluding hydrogens is 272 g/mol. The van der Waals surface area contributed by atoms with E-state index in [0.29, 0.717) is 18.1 Å². The lowest BCUT2D eigenvalue weighted by atomic mass is 9.54. The zero-order chi connectivity index (χ0) is 15.2. The lowest BCUT2D eigenvalue weighted by Gasteiger charge is -2.50. The van der Waals surface area contributed by atoms with Gasteiger partial charge in [0, 0.05) is 13.0 Å². The summed E-state index contributed by atoms with van der Waals surface area (Å²) in [5.41, 5.74) is 2.13. The van der Waals surface area contributed by atoms with Crippen LogP contribution in [0.25, 0.3) is 0 Å². The Balaban J connectivity index is 1.56. The van der Waals surface area contributed by atoms with Gasteiger partial charge < -0.3 is 9.47 Å². The van der Waals surface area contributed by atoms with Crippen LogP contribution >= 0.6 is 0 Å². The molecule has 0 amide bonds. The molecule has 0 aromatic rings. The fourth-order valence-electron chi connectivity index (χ4n) is 5.79. The zero-order valence-corrected chi connectivity index (χ0v) is 13.9. The van der Waals surface area contributed by atoms with Gasteiger partial charge in [-0.15, -0.1) is 0 Å². The fraction of sp³-hybridized carbons (Fsp3) is 0.700. The molecule has 0 aliphatic heterocycles. The van der Waals surface area contributed by atoms with Crippen LogP contribution in [-0.4, -0.2) is 13.9 Å². The van der Waals surface area contributed by atoms with E-state index < -0.39 is 0 Å². The van der Waals surface area contributed by atoms with E-state index in [-0.39, 0.29) is 0 Å². The maximum Gasteiger partial charge on any atom is 0.188 e. The van der Waals surface area contributed by atoms with Crippen molar-refractivity contribution >= 4 is 0 Å². The monoisotopic (exact) mass is 300 g/mol. The van der Waals surface area contributed by atoms with E-state index >= 15 is 0 Å². The molecule has 0 N–H and O–H groups in total. The van der Waals surface area contributed by atoms with Crippen LogP contribution in [-0.2, 0) is 9.47 Å². The van der Waals surface area contributed by atoms with Gasteiger partial charge in [0.25, 0.3) is 0 Å². The Hall–Kier alpha value is -1.02. The van der Waals surface area contributed by atoms with E-state index in [2.05, 4.69) is 31.2 Å². The van der Waals surface area contributed by atoms with Gasteiger partial charge in [0.05, 0.1) is 0 Å². The Morgan fingerprint density at radius 1 is 1.23 bits per heavy atom. The summed E-state index contributed by atoms with van der Waals surface area (Å²) in [5, 5.41) is 0. The number of hydrogen-bond acceptors (Lipinski definition) is 2. The summed E-state index contributed by atoms with van der Waals surface area (Å²) in [4.78, 5) is 0. The fourth-order valence-corrected chi connectivity index (χ4v) is 5.79. The molecule has 0 radical (unpaired) electrons. The Morgan fingerprint density at radius 2 is 2.14 bits per heavy atom. The van der Waals surface area contributed by atoms with Gasteiger partial charge in [-0.1, -0.05) is 25.5 Å². The van der Waals surface area contributed by atoms with Crippen molar-refractivity contribution in [2.45, 2.75) is 45.4 Å². The molecule has 4 rings (SSSR count). The summed E-state index contributed by atoms with van der Waals surface area (Å²) in [6, 6.07) is 0. The Morgan fingerprint density at radius 3 is 3.00 bits per heavy atom. The molecule has 4 aliphatic rings. The van der Waals surface area contributed by atoms with Crippen LogP contribution in [0.2, 0.25) is 0 Å².